The molecule has 24 nitrogen and oxygen atoms in total. The summed E-state index contributed by atoms with van der Waals surface area (Å²) < 4.78 is 27.7. The normalized spacial score (nSPS) is 23.2. The fourth-order valence-electron chi connectivity index (χ4n) is 12.2. The first-order valence-corrected chi connectivity index (χ1v) is 33.2. The van der Waals surface area contributed by atoms with E-state index in [9.17, 15) is 38.4 Å². The Bertz CT molecular complexity index is 3290. The Morgan fingerprint density at radius 2 is 0.755 bits per heavy atom. The molecule has 2 aromatic carbocycles. The van der Waals surface area contributed by atoms with Crippen LogP contribution in [-0.2, 0) is 83.2 Å². The molecule has 0 N–H and O–H groups in total. The Morgan fingerprint density at radius 3 is 1.13 bits per heavy atom. The molecule has 0 spiro atoms. The monoisotopic (exact) mass is 1300 g/mol. The molecule has 0 bridgehead atoms. The number of rotatable bonds is 18. The van der Waals surface area contributed by atoms with E-state index >= 15 is 9.59 Å². The number of hydrogen-bond donors (Lipinski definition) is 0. The van der Waals surface area contributed by atoms with E-state index in [1.54, 1.807) is 57.1 Å². The Morgan fingerprint density at radius 1 is 0.436 bits per heavy atom. The van der Waals surface area contributed by atoms with Gasteiger partial charge in [0.2, 0.25) is 0 Å². The van der Waals surface area contributed by atoms with Crippen molar-refractivity contribution in [2.75, 3.05) is 54.4 Å². The number of likely N-dealkylation sites (N-methyl/N-ethyl adjacent to an activating group) is 4. The number of amides is 6. The third-order valence-corrected chi connectivity index (χ3v) is 17.6. The summed E-state index contributed by atoms with van der Waals surface area (Å²) in [5, 5.41) is 8.88. The van der Waals surface area contributed by atoms with Crippen molar-refractivity contribution in [3.8, 4) is 0 Å². The van der Waals surface area contributed by atoms with Gasteiger partial charge in [0.1, 0.15) is 24.2 Å². The molecule has 3 aliphatic rings. The number of nitrogens with zero attached hydrogens (tertiary/aromatic N) is 10. The van der Waals surface area contributed by atoms with Crippen LogP contribution in [0.3, 0.4) is 0 Å². The second kappa shape index (κ2) is 33.1. The van der Waals surface area contributed by atoms with Gasteiger partial charge in [0.15, 0.2) is 24.4 Å². The maximum atomic E-state index is 15.3. The van der Waals surface area contributed by atoms with E-state index < -0.39 is 96.1 Å². The maximum absolute atomic E-state index is 15.3. The fourth-order valence-corrected chi connectivity index (χ4v) is 12.2. The zero-order chi connectivity index (χ0) is 68.8. The number of ether oxygens (including phenoxy) is 4. The number of carbonyl (C=O) groups excluding carboxylic acids is 10. The van der Waals surface area contributed by atoms with Crippen LogP contribution in [0, 0.1) is 23.7 Å². The van der Waals surface area contributed by atoms with Crippen LogP contribution in [0.25, 0.3) is 0 Å². The second-order valence-corrected chi connectivity index (χ2v) is 27.3. The average Bonchev–Trinajstić information content (AvgIpc) is 0.992. The Hall–Kier alpha value is -8.44. The number of cyclic esters (lactones) is 4. The highest BCUT2D eigenvalue weighted by atomic mass is 16.6. The van der Waals surface area contributed by atoms with E-state index in [1.807, 2.05) is 84.6 Å². The van der Waals surface area contributed by atoms with Gasteiger partial charge in [-0.25, -0.2) is 19.2 Å². The van der Waals surface area contributed by atoms with Crippen molar-refractivity contribution in [1.82, 2.24) is 49.0 Å². The molecule has 3 saturated heterocycles. The molecule has 512 valence electrons. The van der Waals surface area contributed by atoms with Crippen molar-refractivity contribution in [2.24, 2.45) is 23.7 Å². The maximum Gasteiger partial charge on any atom is 0.329 e. The van der Waals surface area contributed by atoms with E-state index in [1.165, 1.54) is 48.2 Å². The summed E-state index contributed by atoms with van der Waals surface area (Å²) in [4.78, 5) is 153. The minimum Gasteiger partial charge on any atom is -0.451 e. The van der Waals surface area contributed by atoms with Crippen molar-refractivity contribution in [1.29, 1.82) is 0 Å². The highest BCUT2D eigenvalue weighted by Crippen LogP contribution is 2.26. The van der Waals surface area contributed by atoms with Gasteiger partial charge >= 0.3 is 23.9 Å². The van der Waals surface area contributed by atoms with E-state index in [0.717, 1.165) is 56.4 Å². The number of benzene rings is 2. The summed E-state index contributed by atoms with van der Waals surface area (Å²) in [6, 6.07) is 9.05. The quantitative estimate of drug-likeness (QED) is 0.0748. The molecule has 7 rings (SSSR count). The molecule has 0 saturated carbocycles. The van der Waals surface area contributed by atoms with Gasteiger partial charge in [-0.1, -0.05) is 104 Å². The van der Waals surface area contributed by atoms with Crippen LogP contribution in [0.4, 0.5) is 0 Å². The molecule has 3 fully saturated rings. The van der Waals surface area contributed by atoms with E-state index in [0.29, 0.717) is 55.0 Å². The number of esters is 4. The van der Waals surface area contributed by atoms with Crippen molar-refractivity contribution in [2.45, 2.75) is 195 Å². The van der Waals surface area contributed by atoms with Crippen LogP contribution >= 0.6 is 0 Å². The second-order valence-electron chi connectivity index (χ2n) is 27.3. The zero-order valence-corrected chi connectivity index (χ0v) is 57.4. The van der Waals surface area contributed by atoms with E-state index in [4.69, 9.17) is 18.9 Å². The molecule has 24 heteroatoms. The predicted molar refractivity (Wildman–Crippen MR) is 348 cm³/mol. The first kappa shape index (κ1) is 73.0. The van der Waals surface area contributed by atoms with Crippen molar-refractivity contribution < 1.29 is 66.9 Å². The molecule has 94 heavy (non-hydrogen) atoms. The largest absolute Gasteiger partial charge is 0.451 e. The minimum atomic E-state index is -1.61. The first-order chi connectivity index (χ1) is 44.5. The number of hydrogen-bond acceptors (Lipinski definition) is 16. The lowest BCUT2D eigenvalue weighted by Crippen LogP contribution is -2.55. The first-order valence-electron chi connectivity index (χ1n) is 33.2. The van der Waals surface area contributed by atoms with Crippen molar-refractivity contribution >= 4 is 59.3 Å². The van der Waals surface area contributed by atoms with Gasteiger partial charge in [0.05, 0.1) is 36.6 Å². The molecular weight excluding hydrogens is 1200 g/mol. The van der Waals surface area contributed by atoms with Gasteiger partial charge in [-0.2, -0.15) is 10.2 Å². The van der Waals surface area contributed by atoms with Crippen LogP contribution in [0.2, 0.25) is 0 Å². The third kappa shape index (κ3) is 19.4. The molecule has 0 radical (unpaired) electrons. The minimum absolute atomic E-state index is 0.0448. The molecule has 5 heterocycles. The SMILES string of the molecule is CC(C)C[C@H]1C(=O)O[C@H](Cc2cccc(Cn3cc(C(=O)N4CCCC4)cn3)c2)C(=O)N(C)[C@@H](CC(C)C)C(=O)O[C@H](C)C(=O)N(C)[C@@H](CC(C)C)C(=O)O[C@H](Cc2ccc(Cn3cc(C(=O)N4CCCC4)cn3)cc2)C(=O)N(C)[C@@H](CC(C)C)C(=O)O[C@H](C)C(=O)N1C. The lowest BCUT2D eigenvalue weighted by Gasteiger charge is -2.35. The van der Waals surface area contributed by atoms with Crippen LogP contribution < -0.4 is 0 Å². The predicted octanol–water partition coefficient (Wildman–Crippen LogP) is 6.63. The van der Waals surface area contributed by atoms with Gasteiger partial charge < -0.3 is 48.3 Å². The van der Waals surface area contributed by atoms with Crippen molar-refractivity contribution in [3.05, 3.63) is 107 Å². The topological polar surface area (TPSA) is 263 Å². The number of carbonyl (C=O) groups is 10. The summed E-state index contributed by atoms with van der Waals surface area (Å²) in [7, 11) is 5.51. The molecule has 3 aliphatic heterocycles. The summed E-state index contributed by atoms with van der Waals surface area (Å²) in [6.45, 7) is 20.8. The smallest absolute Gasteiger partial charge is 0.329 e. The Labute approximate surface area is 552 Å². The Kier molecular flexibility index (Phi) is 25.7. The van der Waals surface area contributed by atoms with Crippen LogP contribution in [0.5, 0.6) is 0 Å². The fraction of sp³-hybridized carbons (Fsp3) is 0.600. The zero-order valence-electron chi connectivity index (χ0n) is 57.4. The van der Waals surface area contributed by atoms with Crippen LogP contribution in [0.1, 0.15) is 164 Å². The molecule has 0 unspecified atom stereocenters. The van der Waals surface area contributed by atoms with Gasteiger partial charge in [-0.15, -0.1) is 0 Å². The van der Waals surface area contributed by atoms with Gasteiger partial charge in [0, 0.05) is 79.6 Å². The Balaban J connectivity index is 1.22. The van der Waals surface area contributed by atoms with Crippen LogP contribution in [-0.4, -0.2) is 211 Å². The van der Waals surface area contributed by atoms with E-state index in [2.05, 4.69) is 10.2 Å². The van der Waals surface area contributed by atoms with Gasteiger partial charge in [-0.05, 0) is 111 Å². The third-order valence-electron chi connectivity index (χ3n) is 17.6. The van der Waals surface area contributed by atoms with Crippen LogP contribution in [0.15, 0.2) is 73.3 Å². The number of aromatic nitrogens is 4. The lowest BCUT2D eigenvalue weighted by atomic mass is 9.99. The highest BCUT2D eigenvalue weighted by molar-refractivity contribution is 5.96. The summed E-state index contributed by atoms with van der Waals surface area (Å²) in [5.74, 6) is -8.02. The molecule has 0 aliphatic carbocycles. The molecule has 6 amide bonds. The molecule has 4 aromatic rings. The lowest BCUT2D eigenvalue weighted by molar-refractivity contribution is -0.176. The van der Waals surface area contributed by atoms with E-state index in [-0.39, 0.29) is 80.6 Å². The van der Waals surface area contributed by atoms with Gasteiger partial charge in [0.25, 0.3) is 35.4 Å². The molecule has 2 aromatic heterocycles. The summed E-state index contributed by atoms with van der Waals surface area (Å²) in [6.07, 6.45) is 3.81. The summed E-state index contributed by atoms with van der Waals surface area (Å²) in [5.41, 5.74) is 3.63. The highest BCUT2D eigenvalue weighted by Gasteiger charge is 2.43. The average molecular weight is 1300 g/mol. The standard InChI is InChI=1S/C70H98N10O14/c1-43(2)30-55-67(87)91-48(10)62(82)74(12)58(33-46(7)8)70(90)94-60(36-51-20-19-21-52(34-51)40-80-42-54(38-72-80)64(84)78-28-17-18-29-78)66(86)76(14)56(31-44(3)4)68(88)92-47(9)61(81)73(11)57(32-45(5)6)69(89)93-59(65(85)75(55)13)35-49-22-24-50(25-23-49)39-79-41-53(37-71-79)63(83)77-26-15-16-27-77/h19-25,34,37-38,41-48,55-60H,15-18,26-33,35-36,39-40H2,1-14H3/t47-,48-,55+,56+,57+,58+,59-,60-/m1/s1. The summed E-state index contributed by atoms with van der Waals surface area (Å²) >= 11 is 0. The molecule has 8 atom stereocenters. The molecular formula is C70H98N10O14. The number of likely N-dealkylation sites (tertiary alicyclic amines) is 2. The van der Waals surface area contributed by atoms with Crippen molar-refractivity contribution in [3.63, 3.8) is 0 Å². The van der Waals surface area contributed by atoms with Gasteiger partial charge in [-0.3, -0.25) is 38.1 Å².